The Morgan fingerprint density at radius 2 is 2.13 bits per heavy atom. The van der Waals surface area contributed by atoms with Crippen molar-refractivity contribution < 1.29 is 5.11 Å². The number of nitrogens with two attached hydrogens (primary N) is 1. The minimum Gasteiger partial charge on any atom is -0.508 e. The van der Waals surface area contributed by atoms with Crippen molar-refractivity contribution in [1.82, 2.24) is 0 Å². The van der Waals surface area contributed by atoms with Gasteiger partial charge in [-0.15, -0.1) is 0 Å². The number of benzene rings is 1. The van der Waals surface area contributed by atoms with E-state index in [1.807, 2.05) is 12.1 Å². The molecular formula is C13H19NO. The number of phenolic OH excluding ortho intramolecular Hbond substituents is 1. The first kappa shape index (κ1) is 10.5. The summed E-state index contributed by atoms with van der Waals surface area (Å²) in [5.41, 5.74) is 8.62. The van der Waals surface area contributed by atoms with Crippen molar-refractivity contribution in [2.24, 2.45) is 5.73 Å². The monoisotopic (exact) mass is 205 g/mol. The highest BCUT2D eigenvalue weighted by atomic mass is 16.3. The molecule has 0 bridgehead atoms. The van der Waals surface area contributed by atoms with E-state index in [9.17, 15) is 5.11 Å². The van der Waals surface area contributed by atoms with Crippen LogP contribution in [0.15, 0.2) is 18.2 Å². The Labute approximate surface area is 91.1 Å². The van der Waals surface area contributed by atoms with Crippen LogP contribution in [0.2, 0.25) is 0 Å². The van der Waals surface area contributed by atoms with Gasteiger partial charge in [0.15, 0.2) is 0 Å². The van der Waals surface area contributed by atoms with Crippen LogP contribution in [-0.4, -0.2) is 10.6 Å². The number of hydrogen-bond donors (Lipinski definition) is 2. The fraction of sp³-hybridized carbons (Fsp3) is 0.538. The minimum atomic E-state index is -0.174. The van der Waals surface area contributed by atoms with Crippen molar-refractivity contribution >= 4 is 0 Å². The smallest absolute Gasteiger partial charge is 0.115 e. The number of fused-ring (bicyclic) bond motifs is 1. The molecule has 2 nitrogen and oxygen atoms in total. The molecule has 1 atom stereocenters. The second-order valence-electron chi connectivity index (χ2n) is 5.15. The lowest BCUT2D eigenvalue weighted by atomic mass is 9.73. The summed E-state index contributed by atoms with van der Waals surface area (Å²) in [6.07, 6.45) is 3.39. The van der Waals surface area contributed by atoms with Gasteiger partial charge in [0, 0.05) is 11.5 Å². The zero-order valence-corrected chi connectivity index (χ0v) is 9.46. The SMILES string of the molecule is CC(C)(N)C1CCCc2cc(O)ccc21. The predicted octanol–water partition coefficient (Wildman–Crippen LogP) is 2.55. The van der Waals surface area contributed by atoms with Gasteiger partial charge in [-0.2, -0.15) is 0 Å². The summed E-state index contributed by atoms with van der Waals surface area (Å²) >= 11 is 0. The van der Waals surface area contributed by atoms with Crippen molar-refractivity contribution in [2.45, 2.75) is 44.6 Å². The molecule has 0 saturated carbocycles. The maximum absolute atomic E-state index is 9.45. The number of hydrogen-bond acceptors (Lipinski definition) is 2. The van der Waals surface area contributed by atoms with E-state index in [1.165, 1.54) is 17.5 Å². The molecule has 0 saturated heterocycles. The molecule has 1 aliphatic rings. The van der Waals surface area contributed by atoms with Gasteiger partial charge in [-0.05, 0) is 56.4 Å². The van der Waals surface area contributed by atoms with Crippen molar-refractivity contribution in [2.75, 3.05) is 0 Å². The zero-order valence-electron chi connectivity index (χ0n) is 9.46. The van der Waals surface area contributed by atoms with E-state index in [0.717, 1.165) is 12.8 Å². The standard InChI is InChI=1S/C13H19NO/c1-13(2,14)12-5-3-4-9-8-10(15)6-7-11(9)12/h6-8,12,15H,3-5,14H2,1-2H3. The summed E-state index contributed by atoms with van der Waals surface area (Å²) in [6, 6.07) is 5.68. The van der Waals surface area contributed by atoms with Crippen LogP contribution in [0.25, 0.3) is 0 Å². The number of aryl methyl sites for hydroxylation is 1. The highest BCUT2D eigenvalue weighted by molar-refractivity contribution is 5.40. The van der Waals surface area contributed by atoms with E-state index >= 15 is 0 Å². The molecule has 0 fully saturated rings. The maximum atomic E-state index is 9.45. The Kier molecular flexibility index (Phi) is 2.47. The number of phenols is 1. The van der Waals surface area contributed by atoms with Gasteiger partial charge < -0.3 is 10.8 Å². The van der Waals surface area contributed by atoms with E-state index in [0.29, 0.717) is 11.7 Å². The average molecular weight is 205 g/mol. The first-order valence-corrected chi connectivity index (χ1v) is 5.59. The van der Waals surface area contributed by atoms with E-state index in [-0.39, 0.29) is 5.54 Å². The molecule has 1 aliphatic carbocycles. The fourth-order valence-corrected chi connectivity index (χ4v) is 2.57. The van der Waals surface area contributed by atoms with Crippen molar-refractivity contribution in [3.8, 4) is 5.75 Å². The van der Waals surface area contributed by atoms with Crippen molar-refractivity contribution in [1.29, 1.82) is 0 Å². The lowest BCUT2D eigenvalue weighted by molar-refractivity contribution is 0.367. The van der Waals surface area contributed by atoms with Gasteiger partial charge in [-0.1, -0.05) is 6.07 Å². The third-order valence-electron chi connectivity index (χ3n) is 3.34. The third kappa shape index (κ3) is 2.00. The van der Waals surface area contributed by atoms with E-state index in [2.05, 4.69) is 13.8 Å². The molecule has 1 aromatic rings. The molecule has 2 rings (SSSR count). The van der Waals surface area contributed by atoms with Gasteiger partial charge in [0.2, 0.25) is 0 Å². The number of rotatable bonds is 1. The zero-order chi connectivity index (χ0) is 11.1. The molecule has 3 N–H and O–H groups in total. The summed E-state index contributed by atoms with van der Waals surface area (Å²) in [7, 11) is 0. The summed E-state index contributed by atoms with van der Waals surface area (Å²) < 4.78 is 0. The van der Waals surface area contributed by atoms with Crippen molar-refractivity contribution in [3.63, 3.8) is 0 Å². The summed E-state index contributed by atoms with van der Waals surface area (Å²) in [4.78, 5) is 0. The Balaban J connectivity index is 2.43. The van der Waals surface area contributed by atoms with Crippen LogP contribution in [0.4, 0.5) is 0 Å². The van der Waals surface area contributed by atoms with Crippen LogP contribution in [0.3, 0.4) is 0 Å². The Morgan fingerprint density at radius 1 is 1.40 bits per heavy atom. The largest absolute Gasteiger partial charge is 0.508 e. The Morgan fingerprint density at radius 3 is 2.80 bits per heavy atom. The van der Waals surface area contributed by atoms with Gasteiger partial charge in [0.1, 0.15) is 5.75 Å². The summed E-state index contributed by atoms with van der Waals surface area (Å²) in [6.45, 7) is 4.17. The van der Waals surface area contributed by atoms with Gasteiger partial charge in [-0.25, -0.2) is 0 Å². The molecule has 2 heteroatoms. The molecule has 0 aromatic heterocycles. The minimum absolute atomic E-state index is 0.174. The number of aromatic hydroxyl groups is 1. The molecular weight excluding hydrogens is 186 g/mol. The Hall–Kier alpha value is -1.02. The highest BCUT2D eigenvalue weighted by Crippen LogP contribution is 2.38. The fourth-order valence-electron chi connectivity index (χ4n) is 2.57. The molecule has 0 amide bonds. The average Bonchev–Trinajstić information content (AvgIpc) is 2.15. The van der Waals surface area contributed by atoms with E-state index < -0.39 is 0 Å². The molecule has 0 aliphatic heterocycles. The van der Waals surface area contributed by atoms with Crippen LogP contribution in [0, 0.1) is 0 Å². The lowest BCUT2D eigenvalue weighted by Crippen LogP contribution is -2.40. The van der Waals surface area contributed by atoms with Crippen LogP contribution in [0.5, 0.6) is 5.75 Å². The second kappa shape index (κ2) is 3.53. The molecule has 0 spiro atoms. The molecule has 0 radical (unpaired) electrons. The molecule has 0 heterocycles. The molecule has 1 aromatic carbocycles. The van der Waals surface area contributed by atoms with Gasteiger partial charge in [0.25, 0.3) is 0 Å². The van der Waals surface area contributed by atoms with Crippen LogP contribution >= 0.6 is 0 Å². The topological polar surface area (TPSA) is 46.2 Å². The van der Waals surface area contributed by atoms with Crippen LogP contribution < -0.4 is 5.73 Å². The first-order valence-electron chi connectivity index (χ1n) is 5.59. The van der Waals surface area contributed by atoms with E-state index in [1.54, 1.807) is 6.07 Å². The third-order valence-corrected chi connectivity index (χ3v) is 3.34. The van der Waals surface area contributed by atoms with Gasteiger partial charge >= 0.3 is 0 Å². The predicted molar refractivity (Wildman–Crippen MR) is 62.1 cm³/mol. The van der Waals surface area contributed by atoms with Gasteiger partial charge in [0.05, 0.1) is 0 Å². The lowest BCUT2D eigenvalue weighted by Gasteiger charge is -2.35. The van der Waals surface area contributed by atoms with E-state index in [4.69, 9.17) is 5.73 Å². The Bertz CT molecular complexity index is 365. The quantitative estimate of drug-likeness (QED) is 0.740. The summed E-state index contributed by atoms with van der Waals surface area (Å²) in [5, 5.41) is 9.45. The van der Waals surface area contributed by atoms with Crippen LogP contribution in [0.1, 0.15) is 43.7 Å². The van der Waals surface area contributed by atoms with Crippen molar-refractivity contribution in [3.05, 3.63) is 29.3 Å². The van der Waals surface area contributed by atoms with Crippen LogP contribution in [-0.2, 0) is 6.42 Å². The molecule has 15 heavy (non-hydrogen) atoms. The second-order valence-corrected chi connectivity index (χ2v) is 5.15. The summed E-state index contributed by atoms with van der Waals surface area (Å²) in [5.74, 6) is 0.783. The highest BCUT2D eigenvalue weighted by Gasteiger charge is 2.30. The van der Waals surface area contributed by atoms with Gasteiger partial charge in [-0.3, -0.25) is 0 Å². The molecule has 82 valence electrons. The first-order chi connectivity index (χ1) is 6.98. The maximum Gasteiger partial charge on any atom is 0.115 e. The normalized spacial score (nSPS) is 21.1. The molecule has 1 unspecified atom stereocenters.